The van der Waals surface area contributed by atoms with Gasteiger partial charge in [0.15, 0.2) is 0 Å². The minimum atomic E-state index is -0.946. The number of nitrogens with zero attached hydrogens (tertiary/aromatic N) is 6. The van der Waals surface area contributed by atoms with E-state index in [4.69, 9.17) is 9.72 Å². The largest absolute Gasteiger partial charge is 0.494 e. The van der Waals surface area contributed by atoms with E-state index in [1.54, 1.807) is 13.3 Å². The van der Waals surface area contributed by atoms with Crippen LogP contribution in [0, 0.1) is 18.3 Å². The number of aliphatic hydroxyl groups excluding tert-OH is 1. The molecule has 2 aromatic carbocycles. The lowest BCUT2D eigenvalue weighted by atomic mass is 10.0. The minimum Gasteiger partial charge on any atom is -0.494 e. The highest BCUT2D eigenvalue weighted by Crippen LogP contribution is 2.39. The molecule has 2 aromatic heterocycles. The lowest BCUT2D eigenvalue weighted by molar-refractivity contribution is 0.253. The molecule has 2 heterocycles. The fourth-order valence-corrected chi connectivity index (χ4v) is 5.04. The van der Waals surface area contributed by atoms with Crippen molar-refractivity contribution in [3.8, 4) is 23.1 Å². The molecule has 0 aliphatic heterocycles. The predicted octanol–water partition coefficient (Wildman–Crippen LogP) is 5.26. The van der Waals surface area contributed by atoms with E-state index in [1.165, 1.54) is 6.08 Å². The Morgan fingerprint density at radius 1 is 1.19 bits per heavy atom. The second-order valence-electron chi connectivity index (χ2n) is 10.8. The molecule has 0 saturated heterocycles. The van der Waals surface area contributed by atoms with Crippen molar-refractivity contribution < 1.29 is 9.84 Å². The molecule has 10 nitrogen and oxygen atoms in total. The first-order valence-electron chi connectivity index (χ1n) is 13.9. The summed E-state index contributed by atoms with van der Waals surface area (Å²) in [6.07, 6.45) is 4.20. The van der Waals surface area contributed by atoms with Crippen molar-refractivity contribution in [1.82, 2.24) is 19.4 Å². The number of methoxy groups -OCH3 is 1. The fourth-order valence-electron chi connectivity index (χ4n) is 5.04. The van der Waals surface area contributed by atoms with Gasteiger partial charge in [-0.1, -0.05) is 6.58 Å². The van der Waals surface area contributed by atoms with Gasteiger partial charge < -0.3 is 34.8 Å². The van der Waals surface area contributed by atoms with Crippen LogP contribution in [0.4, 0.5) is 23.0 Å². The summed E-state index contributed by atoms with van der Waals surface area (Å²) < 4.78 is 7.78. The predicted molar refractivity (Wildman–Crippen MR) is 171 cm³/mol. The van der Waals surface area contributed by atoms with E-state index < -0.39 is 6.23 Å². The molecular formula is C32H40N8O2. The zero-order chi connectivity index (χ0) is 30.6. The summed E-state index contributed by atoms with van der Waals surface area (Å²) in [5.41, 5.74) is 6.30. The Labute approximate surface area is 247 Å². The van der Waals surface area contributed by atoms with E-state index in [0.717, 1.165) is 40.8 Å². The van der Waals surface area contributed by atoms with Crippen molar-refractivity contribution in [1.29, 1.82) is 5.26 Å². The number of nitrogens with one attached hydrogen (secondary N) is 2. The van der Waals surface area contributed by atoms with Crippen LogP contribution in [0.2, 0.25) is 0 Å². The average molecular weight is 569 g/mol. The Bertz CT molecular complexity index is 1620. The normalized spacial score (nSPS) is 11.9. The Balaban J connectivity index is 1.76. The highest BCUT2D eigenvalue weighted by molar-refractivity contribution is 5.92. The van der Waals surface area contributed by atoms with Gasteiger partial charge in [0.05, 0.1) is 40.9 Å². The molecular weight excluding hydrogens is 528 g/mol. The van der Waals surface area contributed by atoms with Gasteiger partial charge in [-0.2, -0.15) is 5.26 Å². The van der Waals surface area contributed by atoms with Gasteiger partial charge in [-0.15, -0.1) is 0 Å². The Kier molecular flexibility index (Phi) is 9.35. The van der Waals surface area contributed by atoms with E-state index in [2.05, 4.69) is 58.0 Å². The number of rotatable bonds is 12. The monoisotopic (exact) mass is 568 g/mol. The third-order valence-electron chi connectivity index (χ3n) is 7.16. The Hall–Kier alpha value is -4.59. The molecule has 0 aliphatic rings. The van der Waals surface area contributed by atoms with Gasteiger partial charge in [-0.3, -0.25) is 0 Å². The summed E-state index contributed by atoms with van der Waals surface area (Å²) in [7, 11) is 7.65. The quantitative estimate of drug-likeness (QED) is 0.155. The van der Waals surface area contributed by atoms with Crippen molar-refractivity contribution >= 4 is 33.9 Å². The molecule has 0 bridgehead atoms. The number of ether oxygens (including phenoxy) is 1. The number of hydrogen-bond donors (Lipinski definition) is 3. The molecule has 0 aliphatic carbocycles. The number of fused-ring (bicyclic) bond motifs is 1. The third-order valence-corrected chi connectivity index (χ3v) is 7.16. The maximum Gasteiger partial charge on any atom is 0.227 e. The summed E-state index contributed by atoms with van der Waals surface area (Å²) in [5.74, 6) is 0.965. The van der Waals surface area contributed by atoms with Crippen LogP contribution in [0.5, 0.6) is 5.75 Å². The maximum atomic E-state index is 10.4. The van der Waals surface area contributed by atoms with Crippen molar-refractivity contribution in [2.45, 2.75) is 33.0 Å². The summed E-state index contributed by atoms with van der Waals surface area (Å²) in [6, 6.07) is 12.1. The number of aliphatic hydroxyl groups is 1. The number of anilines is 4. The van der Waals surface area contributed by atoms with E-state index in [0.29, 0.717) is 34.3 Å². The van der Waals surface area contributed by atoms with E-state index in [1.807, 2.05) is 63.1 Å². The first-order valence-corrected chi connectivity index (χ1v) is 13.9. The highest BCUT2D eigenvalue weighted by atomic mass is 16.5. The number of aryl methyl sites for hydroxylation is 2. The summed E-state index contributed by atoms with van der Waals surface area (Å²) in [6.45, 7) is 11.6. The Morgan fingerprint density at radius 3 is 2.60 bits per heavy atom. The summed E-state index contributed by atoms with van der Waals surface area (Å²) >= 11 is 0. The number of aromatic nitrogens is 3. The molecule has 220 valence electrons. The average Bonchev–Trinajstić information content (AvgIpc) is 3.26. The molecule has 1 atom stereocenters. The molecule has 0 spiro atoms. The van der Waals surface area contributed by atoms with Gasteiger partial charge >= 0.3 is 0 Å². The molecule has 3 N–H and O–H groups in total. The second-order valence-corrected chi connectivity index (χ2v) is 10.8. The standard InChI is InChI=1S/C32H40N8O2/c1-9-30(41)35-26-16-27(29(42-8)17-28(26)40(20(2)3)13-12-38(5)6)37-32-34-11-10-25(36-32)22-14-23(18-33)31-24(15-22)21(4)19-39(31)7/h9-11,14-17,19-20,30,35,41H,1,12-13H2,2-8H3,(H,34,36,37). The fraction of sp³-hybridized carbons (Fsp3) is 0.344. The molecule has 10 heteroatoms. The molecule has 4 aromatic rings. The molecule has 0 amide bonds. The molecule has 0 radical (unpaired) electrons. The van der Waals surface area contributed by atoms with Crippen LogP contribution in [0.15, 0.2) is 55.4 Å². The van der Waals surface area contributed by atoms with Crippen molar-refractivity contribution in [3.63, 3.8) is 0 Å². The lowest BCUT2D eigenvalue weighted by Gasteiger charge is -2.33. The van der Waals surface area contributed by atoms with Crippen LogP contribution >= 0.6 is 0 Å². The van der Waals surface area contributed by atoms with Crippen molar-refractivity contribution in [2.24, 2.45) is 7.05 Å². The van der Waals surface area contributed by atoms with Gasteiger partial charge in [-0.25, -0.2) is 9.97 Å². The van der Waals surface area contributed by atoms with Gasteiger partial charge in [0, 0.05) is 55.6 Å². The van der Waals surface area contributed by atoms with Crippen LogP contribution < -0.4 is 20.3 Å². The first kappa shape index (κ1) is 30.4. The van der Waals surface area contributed by atoms with Gasteiger partial charge in [0.2, 0.25) is 5.95 Å². The van der Waals surface area contributed by atoms with Crippen LogP contribution in [-0.4, -0.2) is 71.1 Å². The topological polar surface area (TPSA) is 114 Å². The van der Waals surface area contributed by atoms with Gasteiger partial charge in [0.1, 0.15) is 18.0 Å². The minimum absolute atomic E-state index is 0.193. The smallest absolute Gasteiger partial charge is 0.227 e. The number of benzene rings is 2. The van der Waals surface area contributed by atoms with Crippen molar-refractivity contribution in [2.75, 3.05) is 49.8 Å². The lowest BCUT2D eigenvalue weighted by Crippen LogP contribution is -2.37. The van der Waals surface area contributed by atoms with Gasteiger partial charge in [-0.05, 0) is 70.8 Å². The molecule has 0 fully saturated rings. The summed E-state index contributed by atoms with van der Waals surface area (Å²) in [5, 5.41) is 27.7. The Morgan fingerprint density at radius 2 is 1.95 bits per heavy atom. The highest BCUT2D eigenvalue weighted by Gasteiger charge is 2.20. The summed E-state index contributed by atoms with van der Waals surface area (Å²) in [4.78, 5) is 13.6. The zero-order valence-corrected chi connectivity index (χ0v) is 25.4. The molecule has 42 heavy (non-hydrogen) atoms. The van der Waals surface area contributed by atoms with E-state index in [9.17, 15) is 10.4 Å². The van der Waals surface area contributed by atoms with Gasteiger partial charge in [0.25, 0.3) is 0 Å². The van der Waals surface area contributed by atoms with Crippen LogP contribution in [-0.2, 0) is 7.05 Å². The number of likely N-dealkylation sites (N-methyl/N-ethyl adjacent to an activating group) is 1. The molecule has 0 saturated carbocycles. The zero-order valence-electron chi connectivity index (χ0n) is 25.4. The number of nitriles is 1. The maximum absolute atomic E-state index is 10.4. The first-order chi connectivity index (χ1) is 20.1. The van der Waals surface area contributed by atoms with E-state index >= 15 is 0 Å². The third kappa shape index (κ3) is 6.48. The SMILES string of the molecule is C=CC(O)Nc1cc(Nc2nccc(-c3cc(C#N)c4c(c3)c(C)cn4C)n2)c(OC)cc1N(CCN(C)C)C(C)C. The van der Waals surface area contributed by atoms with Crippen LogP contribution in [0.1, 0.15) is 25.0 Å². The van der Waals surface area contributed by atoms with Crippen LogP contribution in [0.25, 0.3) is 22.2 Å². The van der Waals surface area contributed by atoms with Crippen molar-refractivity contribution in [3.05, 3.63) is 66.5 Å². The molecule has 4 rings (SSSR count). The second kappa shape index (κ2) is 12.9. The number of hydrogen-bond acceptors (Lipinski definition) is 9. The van der Waals surface area contributed by atoms with Crippen LogP contribution in [0.3, 0.4) is 0 Å². The van der Waals surface area contributed by atoms with E-state index in [-0.39, 0.29) is 6.04 Å². The molecule has 1 unspecified atom stereocenters.